The van der Waals surface area contributed by atoms with Crippen LogP contribution in [0.3, 0.4) is 0 Å². The number of ether oxygens (including phenoxy) is 2. The molecule has 0 bridgehead atoms. The molecule has 0 saturated carbocycles. The van der Waals surface area contributed by atoms with E-state index in [-0.39, 0.29) is 10.7 Å². The summed E-state index contributed by atoms with van der Waals surface area (Å²) in [6.07, 6.45) is 1.54. The molecule has 3 rings (SSSR count). The molecular weight excluding hydrogens is 515 g/mol. The first-order chi connectivity index (χ1) is 14.3. The van der Waals surface area contributed by atoms with Gasteiger partial charge in [0.15, 0.2) is 16.6 Å². The number of carbonyl (C=O) groups is 2. The zero-order chi connectivity index (χ0) is 22.0. The summed E-state index contributed by atoms with van der Waals surface area (Å²) in [5, 5.41) is 2.68. The lowest BCUT2D eigenvalue weighted by Gasteiger charge is -2.30. The summed E-state index contributed by atoms with van der Waals surface area (Å²) >= 11 is 7.42. The van der Waals surface area contributed by atoms with Crippen molar-refractivity contribution in [3.63, 3.8) is 0 Å². The van der Waals surface area contributed by atoms with Crippen LogP contribution in [0.1, 0.15) is 23.6 Å². The Hall–Kier alpha value is -2.46. The topological polar surface area (TPSA) is 67.9 Å². The van der Waals surface area contributed by atoms with Crippen LogP contribution < -0.4 is 19.7 Å². The molecule has 0 atom stereocenters. The maximum atomic E-state index is 13.2. The molecule has 1 fully saturated rings. The van der Waals surface area contributed by atoms with Crippen molar-refractivity contribution in [1.29, 1.82) is 0 Å². The Morgan fingerprint density at radius 3 is 2.57 bits per heavy atom. The molecular formula is C22H21IN2O4S. The molecule has 0 spiro atoms. The molecule has 2 amide bonds. The Bertz CT molecular complexity index is 1080. The van der Waals surface area contributed by atoms with Gasteiger partial charge in [-0.2, -0.15) is 0 Å². The van der Waals surface area contributed by atoms with Crippen LogP contribution in [0.4, 0.5) is 5.69 Å². The van der Waals surface area contributed by atoms with Gasteiger partial charge in [-0.25, -0.2) is 0 Å². The molecule has 1 N–H and O–H groups in total. The smallest absolute Gasteiger partial charge is 0.270 e. The van der Waals surface area contributed by atoms with Gasteiger partial charge in [0.2, 0.25) is 0 Å². The van der Waals surface area contributed by atoms with Crippen LogP contribution in [-0.4, -0.2) is 30.6 Å². The minimum atomic E-state index is -0.533. The SMILES string of the molecule is CCOc1c(I)cc(/C=C2/C(=O)NC(=S)N(c3ccc(C)cc3C)C2=O)cc1OC. The van der Waals surface area contributed by atoms with Crippen molar-refractivity contribution in [2.45, 2.75) is 20.8 Å². The summed E-state index contributed by atoms with van der Waals surface area (Å²) in [6, 6.07) is 9.25. The van der Waals surface area contributed by atoms with Gasteiger partial charge in [-0.15, -0.1) is 0 Å². The third-order valence-electron chi connectivity index (χ3n) is 4.55. The Morgan fingerprint density at radius 1 is 1.20 bits per heavy atom. The predicted molar refractivity (Wildman–Crippen MR) is 129 cm³/mol. The van der Waals surface area contributed by atoms with Gasteiger partial charge in [-0.3, -0.25) is 19.8 Å². The molecule has 1 saturated heterocycles. The third kappa shape index (κ3) is 4.34. The summed E-state index contributed by atoms with van der Waals surface area (Å²) in [5.74, 6) is 0.147. The van der Waals surface area contributed by atoms with Gasteiger partial charge in [0, 0.05) is 0 Å². The molecule has 1 aliphatic heterocycles. The van der Waals surface area contributed by atoms with Crippen molar-refractivity contribution < 1.29 is 19.1 Å². The highest BCUT2D eigenvalue weighted by Crippen LogP contribution is 2.35. The van der Waals surface area contributed by atoms with Gasteiger partial charge in [-0.05, 0) is 91.0 Å². The fourth-order valence-corrected chi connectivity index (χ4v) is 4.26. The number of rotatable bonds is 5. The number of nitrogens with zero attached hydrogens (tertiary/aromatic N) is 1. The number of amides is 2. The van der Waals surface area contributed by atoms with Crippen LogP contribution in [-0.2, 0) is 9.59 Å². The lowest BCUT2D eigenvalue weighted by molar-refractivity contribution is -0.122. The van der Waals surface area contributed by atoms with E-state index in [1.54, 1.807) is 13.2 Å². The first kappa shape index (κ1) is 22.2. The first-order valence-corrected chi connectivity index (χ1v) is 10.7. The number of hydrogen-bond acceptors (Lipinski definition) is 5. The van der Waals surface area contributed by atoms with E-state index in [4.69, 9.17) is 21.7 Å². The number of thiocarbonyl (C=S) groups is 1. The highest BCUT2D eigenvalue weighted by atomic mass is 127. The van der Waals surface area contributed by atoms with E-state index in [1.807, 2.05) is 45.0 Å². The summed E-state index contributed by atoms with van der Waals surface area (Å²) < 4.78 is 11.9. The van der Waals surface area contributed by atoms with E-state index in [1.165, 1.54) is 11.0 Å². The fraction of sp³-hybridized carbons (Fsp3) is 0.227. The number of carbonyl (C=O) groups excluding carboxylic acids is 2. The number of aryl methyl sites for hydroxylation is 2. The largest absolute Gasteiger partial charge is 0.493 e. The van der Waals surface area contributed by atoms with E-state index < -0.39 is 11.8 Å². The second kappa shape index (κ2) is 9.13. The van der Waals surface area contributed by atoms with Crippen molar-refractivity contribution in [2.75, 3.05) is 18.6 Å². The van der Waals surface area contributed by atoms with Crippen molar-refractivity contribution in [1.82, 2.24) is 5.32 Å². The highest BCUT2D eigenvalue weighted by molar-refractivity contribution is 14.1. The van der Waals surface area contributed by atoms with Gasteiger partial charge in [0.05, 0.1) is 23.0 Å². The Labute approximate surface area is 194 Å². The number of anilines is 1. The van der Waals surface area contributed by atoms with Crippen LogP contribution in [0.2, 0.25) is 0 Å². The predicted octanol–water partition coefficient (Wildman–Crippen LogP) is 4.15. The average Bonchev–Trinajstić information content (AvgIpc) is 2.68. The van der Waals surface area contributed by atoms with Gasteiger partial charge in [-0.1, -0.05) is 17.7 Å². The van der Waals surface area contributed by atoms with E-state index in [2.05, 4.69) is 27.9 Å². The normalized spacial score (nSPS) is 15.4. The second-order valence-electron chi connectivity index (χ2n) is 6.71. The Balaban J connectivity index is 2.06. The number of methoxy groups -OCH3 is 1. The van der Waals surface area contributed by atoms with Crippen LogP contribution in [0.25, 0.3) is 6.08 Å². The molecule has 0 unspecified atom stereocenters. The quantitative estimate of drug-likeness (QED) is 0.269. The Morgan fingerprint density at radius 2 is 1.93 bits per heavy atom. The molecule has 0 aromatic heterocycles. The van der Waals surface area contributed by atoms with Crippen LogP contribution in [0.5, 0.6) is 11.5 Å². The molecule has 6 nitrogen and oxygen atoms in total. The summed E-state index contributed by atoms with van der Waals surface area (Å²) in [4.78, 5) is 27.2. The minimum Gasteiger partial charge on any atom is -0.493 e. The summed E-state index contributed by atoms with van der Waals surface area (Å²) in [7, 11) is 1.55. The summed E-state index contributed by atoms with van der Waals surface area (Å²) in [6.45, 7) is 6.26. The zero-order valence-corrected chi connectivity index (χ0v) is 20.0. The summed E-state index contributed by atoms with van der Waals surface area (Å²) in [5.41, 5.74) is 3.23. The highest BCUT2D eigenvalue weighted by Gasteiger charge is 2.35. The minimum absolute atomic E-state index is 0.00871. The molecule has 1 aliphatic rings. The van der Waals surface area contributed by atoms with E-state index >= 15 is 0 Å². The van der Waals surface area contributed by atoms with Gasteiger partial charge < -0.3 is 9.47 Å². The zero-order valence-electron chi connectivity index (χ0n) is 17.0. The molecule has 0 radical (unpaired) electrons. The van der Waals surface area contributed by atoms with E-state index in [0.717, 1.165) is 14.7 Å². The lowest BCUT2D eigenvalue weighted by atomic mass is 10.0. The van der Waals surface area contributed by atoms with Crippen LogP contribution in [0, 0.1) is 17.4 Å². The number of nitrogens with one attached hydrogen (secondary N) is 1. The maximum absolute atomic E-state index is 13.2. The standard InChI is InChI=1S/C22H21IN2O4S/c1-5-29-19-16(23)10-14(11-18(19)28-4)9-15-20(26)24-22(30)25(21(15)27)17-7-6-12(2)8-13(17)3/h6-11H,5H2,1-4H3,(H,24,26,30)/b15-9-. The molecule has 2 aromatic rings. The molecule has 2 aromatic carbocycles. The number of hydrogen-bond donors (Lipinski definition) is 1. The lowest BCUT2D eigenvalue weighted by Crippen LogP contribution is -2.54. The van der Waals surface area contributed by atoms with Crippen molar-refractivity contribution >= 4 is 63.5 Å². The van der Waals surface area contributed by atoms with Crippen molar-refractivity contribution in [2.24, 2.45) is 0 Å². The van der Waals surface area contributed by atoms with E-state index in [9.17, 15) is 9.59 Å². The molecule has 156 valence electrons. The van der Waals surface area contributed by atoms with Crippen molar-refractivity contribution in [3.8, 4) is 11.5 Å². The van der Waals surface area contributed by atoms with Gasteiger partial charge >= 0.3 is 0 Å². The molecule has 30 heavy (non-hydrogen) atoms. The third-order valence-corrected chi connectivity index (χ3v) is 5.63. The second-order valence-corrected chi connectivity index (χ2v) is 8.26. The van der Waals surface area contributed by atoms with Crippen LogP contribution >= 0.6 is 34.8 Å². The van der Waals surface area contributed by atoms with Crippen LogP contribution in [0.15, 0.2) is 35.9 Å². The number of halogens is 1. The maximum Gasteiger partial charge on any atom is 0.270 e. The van der Waals surface area contributed by atoms with Crippen molar-refractivity contribution in [3.05, 3.63) is 56.2 Å². The van der Waals surface area contributed by atoms with E-state index in [0.29, 0.717) is 29.4 Å². The molecule has 1 heterocycles. The first-order valence-electron chi connectivity index (χ1n) is 9.25. The molecule has 0 aliphatic carbocycles. The number of benzene rings is 2. The Kier molecular flexibility index (Phi) is 6.77. The monoisotopic (exact) mass is 536 g/mol. The van der Waals surface area contributed by atoms with Gasteiger partial charge in [0.25, 0.3) is 11.8 Å². The average molecular weight is 536 g/mol. The van der Waals surface area contributed by atoms with Gasteiger partial charge in [0.1, 0.15) is 5.57 Å². The molecule has 8 heteroatoms. The fourth-order valence-electron chi connectivity index (χ4n) is 3.21.